The highest BCUT2D eigenvalue weighted by molar-refractivity contribution is 9.10. The SMILES string of the molecule is COCCNC(=O)c1ccc(C(=O)Nc2ccc(Br)cc2C)cc1. The predicted molar refractivity (Wildman–Crippen MR) is 97.5 cm³/mol. The molecule has 0 spiro atoms. The van der Waals surface area contributed by atoms with Crippen molar-refractivity contribution in [2.75, 3.05) is 25.6 Å². The number of ether oxygens (including phenoxy) is 1. The van der Waals surface area contributed by atoms with Crippen LogP contribution < -0.4 is 10.6 Å². The number of methoxy groups -OCH3 is 1. The van der Waals surface area contributed by atoms with E-state index >= 15 is 0 Å². The molecule has 0 saturated carbocycles. The number of halogens is 1. The maximum atomic E-state index is 12.3. The first kappa shape index (κ1) is 18.2. The number of anilines is 1. The highest BCUT2D eigenvalue weighted by Crippen LogP contribution is 2.20. The van der Waals surface area contributed by atoms with Crippen LogP contribution in [0.3, 0.4) is 0 Å². The van der Waals surface area contributed by atoms with Crippen LogP contribution in [0.2, 0.25) is 0 Å². The zero-order valence-electron chi connectivity index (χ0n) is 13.6. The van der Waals surface area contributed by atoms with E-state index in [4.69, 9.17) is 4.74 Å². The molecule has 2 aromatic carbocycles. The Hall–Kier alpha value is -2.18. The molecule has 2 amide bonds. The lowest BCUT2D eigenvalue weighted by molar-refractivity contribution is 0.0935. The van der Waals surface area contributed by atoms with Gasteiger partial charge < -0.3 is 15.4 Å². The second kappa shape index (κ2) is 8.61. The van der Waals surface area contributed by atoms with Gasteiger partial charge in [-0.2, -0.15) is 0 Å². The minimum absolute atomic E-state index is 0.192. The average Bonchev–Trinajstić information content (AvgIpc) is 2.57. The Labute approximate surface area is 149 Å². The third-order valence-electron chi connectivity index (χ3n) is 3.44. The summed E-state index contributed by atoms with van der Waals surface area (Å²) in [7, 11) is 1.58. The van der Waals surface area contributed by atoms with Crippen LogP contribution in [0.15, 0.2) is 46.9 Å². The molecule has 0 aliphatic carbocycles. The fourth-order valence-corrected chi connectivity index (χ4v) is 2.58. The maximum Gasteiger partial charge on any atom is 0.255 e. The van der Waals surface area contributed by atoms with Crippen molar-refractivity contribution in [2.45, 2.75) is 6.92 Å². The average molecular weight is 391 g/mol. The number of carbonyl (C=O) groups is 2. The van der Waals surface area contributed by atoms with Crippen LogP contribution in [-0.2, 0) is 4.74 Å². The molecule has 126 valence electrons. The number of aryl methyl sites for hydroxylation is 1. The van der Waals surface area contributed by atoms with Crippen molar-refractivity contribution in [3.63, 3.8) is 0 Å². The summed E-state index contributed by atoms with van der Waals surface area (Å²) in [6.07, 6.45) is 0. The second-order valence-electron chi connectivity index (χ2n) is 5.24. The van der Waals surface area contributed by atoms with Crippen LogP contribution in [0.5, 0.6) is 0 Å². The van der Waals surface area contributed by atoms with Crippen LogP contribution >= 0.6 is 15.9 Å². The van der Waals surface area contributed by atoms with Gasteiger partial charge in [0, 0.05) is 34.9 Å². The summed E-state index contributed by atoms with van der Waals surface area (Å²) in [5, 5.41) is 5.60. The predicted octanol–water partition coefficient (Wildman–Crippen LogP) is 3.39. The minimum atomic E-state index is -0.216. The van der Waals surface area contributed by atoms with Crippen LogP contribution in [-0.4, -0.2) is 32.1 Å². The molecule has 0 fully saturated rings. The van der Waals surface area contributed by atoms with E-state index in [0.29, 0.717) is 24.3 Å². The lowest BCUT2D eigenvalue weighted by atomic mass is 10.1. The molecule has 0 radical (unpaired) electrons. The second-order valence-corrected chi connectivity index (χ2v) is 6.16. The standard InChI is InChI=1S/C18H19BrN2O3/c1-12-11-15(19)7-8-16(12)21-18(23)14-5-3-13(4-6-14)17(22)20-9-10-24-2/h3-8,11H,9-10H2,1-2H3,(H,20,22)(H,21,23). The van der Waals surface area contributed by atoms with E-state index in [1.807, 2.05) is 25.1 Å². The lowest BCUT2D eigenvalue weighted by Gasteiger charge is -2.09. The summed E-state index contributed by atoms with van der Waals surface area (Å²) in [4.78, 5) is 24.2. The number of rotatable bonds is 6. The van der Waals surface area contributed by atoms with Crippen molar-refractivity contribution < 1.29 is 14.3 Å². The van der Waals surface area contributed by atoms with Crippen molar-refractivity contribution in [3.8, 4) is 0 Å². The van der Waals surface area contributed by atoms with Gasteiger partial charge in [0.2, 0.25) is 0 Å². The van der Waals surface area contributed by atoms with E-state index in [1.54, 1.807) is 31.4 Å². The summed E-state index contributed by atoms with van der Waals surface area (Å²) < 4.78 is 5.84. The Morgan fingerprint density at radius 2 is 1.67 bits per heavy atom. The molecule has 0 aliphatic heterocycles. The molecule has 0 bridgehead atoms. The van der Waals surface area contributed by atoms with Crippen molar-refractivity contribution in [1.82, 2.24) is 5.32 Å². The molecule has 0 aromatic heterocycles. The minimum Gasteiger partial charge on any atom is -0.383 e. The Morgan fingerprint density at radius 3 is 2.25 bits per heavy atom. The Kier molecular flexibility index (Phi) is 6.52. The van der Waals surface area contributed by atoms with Gasteiger partial charge in [0.15, 0.2) is 0 Å². The molecule has 5 nitrogen and oxygen atoms in total. The Bertz CT molecular complexity index is 730. The van der Waals surface area contributed by atoms with Crippen LogP contribution in [0, 0.1) is 6.92 Å². The van der Waals surface area contributed by atoms with Gasteiger partial charge in [-0.1, -0.05) is 15.9 Å². The van der Waals surface area contributed by atoms with Gasteiger partial charge in [0.25, 0.3) is 11.8 Å². The summed E-state index contributed by atoms with van der Waals surface area (Å²) in [5.41, 5.74) is 2.71. The first-order valence-electron chi connectivity index (χ1n) is 7.46. The van der Waals surface area contributed by atoms with Gasteiger partial charge in [-0.05, 0) is 55.0 Å². The van der Waals surface area contributed by atoms with Gasteiger partial charge in [-0.15, -0.1) is 0 Å². The number of nitrogens with one attached hydrogen (secondary N) is 2. The zero-order valence-corrected chi connectivity index (χ0v) is 15.1. The molecule has 6 heteroatoms. The van der Waals surface area contributed by atoms with Gasteiger partial charge in [0.1, 0.15) is 0 Å². The molecule has 2 aromatic rings. The lowest BCUT2D eigenvalue weighted by Crippen LogP contribution is -2.27. The van der Waals surface area contributed by atoms with E-state index in [-0.39, 0.29) is 11.8 Å². The summed E-state index contributed by atoms with van der Waals surface area (Å²) in [6, 6.07) is 12.2. The molecule has 0 aliphatic rings. The quantitative estimate of drug-likeness (QED) is 0.742. The monoisotopic (exact) mass is 390 g/mol. The third-order valence-corrected chi connectivity index (χ3v) is 3.93. The van der Waals surface area contributed by atoms with Gasteiger partial charge in [-0.3, -0.25) is 9.59 Å². The van der Waals surface area contributed by atoms with E-state index in [2.05, 4.69) is 26.6 Å². The van der Waals surface area contributed by atoms with E-state index in [1.165, 1.54) is 0 Å². The number of hydrogen-bond acceptors (Lipinski definition) is 3. The van der Waals surface area contributed by atoms with E-state index < -0.39 is 0 Å². The molecule has 2 rings (SSSR count). The highest BCUT2D eigenvalue weighted by Gasteiger charge is 2.10. The number of carbonyl (C=O) groups excluding carboxylic acids is 2. The fourth-order valence-electron chi connectivity index (χ4n) is 2.10. The van der Waals surface area contributed by atoms with Crippen molar-refractivity contribution in [3.05, 3.63) is 63.6 Å². The van der Waals surface area contributed by atoms with Crippen LogP contribution in [0.1, 0.15) is 26.3 Å². The smallest absolute Gasteiger partial charge is 0.255 e. The molecule has 2 N–H and O–H groups in total. The molecule has 0 atom stereocenters. The number of benzene rings is 2. The van der Waals surface area contributed by atoms with E-state index in [9.17, 15) is 9.59 Å². The first-order valence-corrected chi connectivity index (χ1v) is 8.25. The zero-order chi connectivity index (χ0) is 17.5. The van der Waals surface area contributed by atoms with Gasteiger partial charge in [-0.25, -0.2) is 0 Å². The first-order chi connectivity index (χ1) is 11.5. The summed E-state index contributed by atoms with van der Waals surface area (Å²) in [6.45, 7) is 2.83. The summed E-state index contributed by atoms with van der Waals surface area (Å²) >= 11 is 3.39. The topological polar surface area (TPSA) is 67.4 Å². The van der Waals surface area contributed by atoms with E-state index in [0.717, 1.165) is 15.7 Å². The highest BCUT2D eigenvalue weighted by atomic mass is 79.9. The van der Waals surface area contributed by atoms with Crippen LogP contribution in [0.25, 0.3) is 0 Å². The normalized spacial score (nSPS) is 10.3. The Balaban J connectivity index is 2.01. The summed E-state index contributed by atoms with van der Waals surface area (Å²) in [5.74, 6) is -0.408. The third kappa shape index (κ3) is 4.91. The van der Waals surface area contributed by atoms with Crippen LogP contribution in [0.4, 0.5) is 5.69 Å². The van der Waals surface area contributed by atoms with Gasteiger partial charge >= 0.3 is 0 Å². The molecule has 0 unspecified atom stereocenters. The maximum absolute atomic E-state index is 12.3. The number of amides is 2. The van der Waals surface area contributed by atoms with Crippen molar-refractivity contribution >= 4 is 33.4 Å². The van der Waals surface area contributed by atoms with Gasteiger partial charge in [0.05, 0.1) is 6.61 Å². The van der Waals surface area contributed by atoms with Crippen molar-refractivity contribution in [2.24, 2.45) is 0 Å². The Morgan fingerprint density at radius 1 is 1.04 bits per heavy atom. The number of hydrogen-bond donors (Lipinski definition) is 2. The largest absolute Gasteiger partial charge is 0.383 e. The fraction of sp³-hybridized carbons (Fsp3) is 0.222. The molecular weight excluding hydrogens is 372 g/mol. The molecule has 0 saturated heterocycles. The van der Waals surface area contributed by atoms with Crippen molar-refractivity contribution in [1.29, 1.82) is 0 Å². The molecular formula is C18H19BrN2O3. The molecule has 0 heterocycles. The molecule has 24 heavy (non-hydrogen) atoms.